The van der Waals surface area contributed by atoms with Crippen LogP contribution in [0.4, 0.5) is 13.2 Å². The lowest BCUT2D eigenvalue weighted by Gasteiger charge is -2.15. The maximum atomic E-state index is 12.3. The van der Waals surface area contributed by atoms with Gasteiger partial charge in [0.1, 0.15) is 5.75 Å². The number of hydrogen-bond donors (Lipinski definition) is 2. The third-order valence-electron chi connectivity index (χ3n) is 3.83. The summed E-state index contributed by atoms with van der Waals surface area (Å²) in [5, 5.41) is 12.6. The molecule has 29 heavy (non-hydrogen) atoms. The number of sulfonamides is 1. The van der Waals surface area contributed by atoms with Crippen molar-refractivity contribution >= 4 is 15.9 Å². The number of carbonyl (C=O) groups excluding carboxylic acids is 1. The van der Waals surface area contributed by atoms with E-state index in [1.807, 2.05) is 0 Å². The van der Waals surface area contributed by atoms with Gasteiger partial charge in [0.2, 0.25) is 10.0 Å². The Kier molecular flexibility index (Phi) is 6.88. The van der Waals surface area contributed by atoms with Gasteiger partial charge in [-0.15, -0.1) is 13.2 Å². The van der Waals surface area contributed by atoms with E-state index in [9.17, 15) is 31.5 Å². The molecular formula is C18H19F3N2O5S. The Hall–Kier alpha value is -2.63. The second kappa shape index (κ2) is 8.80. The molecule has 158 valence electrons. The molecule has 0 saturated heterocycles. The van der Waals surface area contributed by atoms with Crippen LogP contribution in [0.15, 0.2) is 53.4 Å². The van der Waals surface area contributed by atoms with E-state index in [4.69, 9.17) is 0 Å². The van der Waals surface area contributed by atoms with Crippen LogP contribution in [-0.2, 0) is 10.0 Å². The number of aliphatic hydroxyl groups is 1. The molecule has 0 spiro atoms. The Balaban J connectivity index is 2.02. The third-order valence-corrected chi connectivity index (χ3v) is 5.64. The summed E-state index contributed by atoms with van der Waals surface area (Å²) in [4.78, 5) is 12.2. The number of ether oxygens (including phenoxy) is 1. The minimum atomic E-state index is -4.82. The lowest BCUT2D eigenvalue weighted by atomic mass is 10.1. The molecule has 0 aromatic heterocycles. The highest BCUT2D eigenvalue weighted by Gasteiger charge is 2.31. The van der Waals surface area contributed by atoms with Crippen molar-refractivity contribution in [2.75, 3.05) is 20.6 Å². The fourth-order valence-corrected chi connectivity index (χ4v) is 3.26. The monoisotopic (exact) mass is 432 g/mol. The van der Waals surface area contributed by atoms with Crippen molar-refractivity contribution < 1.29 is 36.2 Å². The van der Waals surface area contributed by atoms with Crippen molar-refractivity contribution in [1.82, 2.24) is 9.62 Å². The number of rotatable bonds is 7. The summed E-state index contributed by atoms with van der Waals surface area (Å²) >= 11 is 0. The topological polar surface area (TPSA) is 95.9 Å². The summed E-state index contributed by atoms with van der Waals surface area (Å²) in [5.74, 6) is -1.05. The molecule has 1 amide bonds. The third kappa shape index (κ3) is 6.17. The van der Waals surface area contributed by atoms with Gasteiger partial charge in [-0.05, 0) is 35.9 Å². The maximum absolute atomic E-state index is 12.3. The minimum Gasteiger partial charge on any atom is -0.406 e. The molecule has 2 aromatic carbocycles. The van der Waals surface area contributed by atoms with E-state index in [2.05, 4.69) is 10.1 Å². The molecular weight excluding hydrogens is 413 g/mol. The van der Waals surface area contributed by atoms with Gasteiger partial charge >= 0.3 is 6.36 Å². The Morgan fingerprint density at radius 3 is 2.34 bits per heavy atom. The van der Waals surface area contributed by atoms with E-state index in [0.717, 1.165) is 16.4 Å². The molecule has 0 saturated carbocycles. The van der Waals surface area contributed by atoms with E-state index in [0.29, 0.717) is 0 Å². The Bertz CT molecular complexity index is 960. The first kappa shape index (κ1) is 22.7. The van der Waals surface area contributed by atoms with Gasteiger partial charge in [-0.1, -0.05) is 18.2 Å². The number of carbonyl (C=O) groups is 1. The van der Waals surface area contributed by atoms with E-state index in [-0.39, 0.29) is 22.6 Å². The molecule has 0 bridgehead atoms. The normalized spacial score (nSPS) is 13.2. The van der Waals surface area contributed by atoms with Crippen LogP contribution in [0.25, 0.3) is 0 Å². The van der Waals surface area contributed by atoms with E-state index in [1.54, 1.807) is 0 Å². The van der Waals surface area contributed by atoms with Crippen LogP contribution in [0, 0.1) is 0 Å². The lowest BCUT2D eigenvalue weighted by Crippen LogP contribution is -2.29. The summed E-state index contributed by atoms with van der Waals surface area (Å²) in [5.41, 5.74) is 0.345. The van der Waals surface area contributed by atoms with Crippen molar-refractivity contribution in [2.45, 2.75) is 17.4 Å². The first-order valence-electron chi connectivity index (χ1n) is 8.25. The molecule has 2 N–H and O–H groups in total. The van der Waals surface area contributed by atoms with Gasteiger partial charge in [0, 0.05) is 26.2 Å². The van der Waals surface area contributed by atoms with E-state index >= 15 is 0 Å². The SMILES string of the molecule is CN(C)S(=O)(=O)c1cccc(C(=O)NCC(O)c2ccc(OC(F)(F)F)cc2)c1. The quantitative estimate of drug-likeness (QED) is 0.700. The number of alkyl halides is 3. The summed E-state index contributed by atoms with van der Waals surface area (Å²) in [6, 6.07) is 9.96. The van der Waals surface area contributed by atoms with E-state index < -0.39 is 34.1 Å². The highest BCUT2D eigenvalue weighted by Crippen LogP contribution is 2.24. The van der Waals surface area contributed by atoms with Crippen LogP contribution in [0.2, 0.25) is 0 Å². The minimum absolute atomic E-state index is 0.0593. The van der Waals surface area contributed by atoms with E-state index in [1.165, 1.54) is 50.5 Å². The van der Waals surface area contributed by atoms with Crippen molar-refractivity contribution in [3.63, 3.8) is 0 Å². The molecule has 2 aromatic rings. The first-order chi connectivity index (χ1) is 13.4. The number of amides is 1. The predicted molar refractivity (Wildman–Crippen MR) is 97.7 cm³/mol. The summed E-state index contributed by atoms with van der Waals surface area (Å²) in [7, 11) is -0.983. The molecule has 1 atom stereocenters. The molecule has 0 radical (unpaired) electrons. The molecule has 2 rings (SSSR count). The molecule has 11 heteroatoms. The molecule has 0 aliphatic carbocycles. The van der Waals surface area contributed by atoms with Gasteiger partial charge in [-0.25, -0.2) is 12.7 Å². The Labute approximate surface area is 165 Å². The van der Waals surface area contributed by atoms with Crippen molar-refractivity contribution in [3.05, 3.63) is 59.7 Å². The fourth-order valence-electron chi connectivity index (χ4n) is 2.31. The average Bonchev–Trinajstić information content (AvgIpc) is 2.65. The average molecular weight is 432 g/mol. The van der Waals surface area contributed by atoms with Crippen LogP contribution in [-0.4, -0.2) is 50.7 Å². The van der Waals surface area contributed by atoms with Gasteiger partial charge in [0.15, 0.2) is 0 Å². The number of nitrogens with zero attached hydrogens (tertiary/aromatic N) is 1. The highest BCUT2D eigenvalue weighted by molar-refractivity contribution is 7.89. The zero-order chi connectivity index (χ0) is 21.8. The van der Waals surface area contributed by atoms with Crippen LogP contribution >= 0.6 is 0 Å². The van der Waals surface area contributed by atoms with Gasteiger partial charge in [-0.3, -0.25) is 4.79 Å². The van der Waals surface area contributed by atoms with Crippen molar-refractivity contribution in [3.8, 4) is 5.75 Å². The Morgan fingerprint density at radius 2 is 1.79 bits per heavy atom. The highest BCUT2D eigenvalue weighted by atomic mass is 32.2. The molecule has 1 unspecified atom stereocenters. The first-order valence-corrected chi connectivity index (χ1v) is 9.69. The predicted octanol–water partition coefficient (Wildman–Crippen LogP) is 2.30. The second-order valence-electron chi connectivity index (χ2n) is 6.16. The number of benzene rings is 2. The summed E-state index contributed by atoms with van der Waals surface area (Å²) in [6.07, 6.45) is -6.00. The maximum Gasteiger partial charge on any atom is 0.573 e. The summed E-state index contributed by atoms with van der Waals surface area (Å²) in [6.45, 7) is -0.233. The Morgan fingerprint density at radius 1 is 1.17 bits per heavy atom. The van der Waals surface area contributed by atoms with Gasteiger partial charge in [0.05, 0.1) is 11.0 Å². The zero-order valence-electron chi connectivity index (χ0n) is 15.5. The van der Waals surface area contributed by atoms with Crippen LogP contribution < -0.4 is 10.1 Å². The van der Waals surface area contributed by atoms with Crippen molar-refractivity contribution in [1.29, 1.82) is 0 Å². The summed E-state index contributed by atoms with van der Waals surface area (Å²) < 4.78 is 65.5. The van der Waals surface area contributed by atoms with Crippen molar-refractivity contribution in [2.24, 2.45) is 0 Å². The van der Waals surface area contributed by atoms with Gasteiger partial charge < -0.3 is 15.2 Å². The molecule has 0 fully saturated rings. The number of aliphatic hydroxyl groups excluding tert-OH is 1. The molecule has 0 aliphatic rings. The smallest absolute Gasteiger partial charge is 0.406 e. The number of halogens is 3. The number of nitrogens with one attached hydrogen (secondary N) is 1. The zero-order valence-corrected chi connectivity index (χ0v) is 16.3. The van der Waals surface area contributed by atoms with Crippen LogP contribution in [0.1, 0.15) is 22.0 Å². The van der Waals surface area contributed by atoms with Gasteiger partial charge in [-0.2, -0.15) is 0 Å². The second-order valence-corrected chi connectivity index (χ2v) is 8.31. The van der Waals surface area contributed by atoms with Crippen LogP contribution in [0.5, 0.6) is 5.75 Å². The largest absolute Gasteiger partial charge is 0.573 e. The van der Waals surface area contributed by atoms with Crippen LogP contribution in [0.3, 0.4) is 0 Å². The lowest BCUT2D eigenvalue weighted by molar-refractivity contribution is -0.274. The fraction of sp³-hybridized carbons (Fsp3) is 0.278. The standard InChI is InChI=1S/C18H19F3N2O5S/c1-23(2)29(26,27)15-5-3-4-13(10-15)17(25)22-11-16(24)12-6-8-14(9-7-12)28-18(19,20)21/h3-10,16,24H,11H2,1-2H3,(H,22,25). The number of hydrogen-bond acceptors (Lipinski definition) is 5. The molecule has 7 nitrogen and oxygen atoms in total. The molecule has 0 aliphatic heterocycles. The molecule has 0 heterocycles. The van der Waals surface area contributed by atoms with Gasteiger partial charge in [0.25, 0.3) is 5.91 Å².